The molecule has 0 aliphatic carbocycles. The van der Waals surface area contributed by atoms with Gasteiger partial charge in [0.25, 0.3) is 5.91 Å². The lowest BCUT2D eigenvalue weighted by atomic mass is 10.1. The summed E-state index contributed by atoms with van der Waals surface area (Å²) in [5.41, 5.74) is 2.02. The van der Waals surface area contributed by atoms with Gasteiger partial charge in [-0.15, -0.1) is 0 Å². The van der Waals surface area contributed by atoms with E-state index in [1.807, 2.05) is 44.2 Å². The topological polar surface area (TPSA) is 62.3 Å². The Morgan fingerprint density at radius 1 is 1.25 bits per heavy atom. The van der Waals surface area contributed by atoms with Crippen molar-refractivity contribution in [1.29, 1.82) is 0 Å². The number of para-hydroxylation sites is 1. The van der Waals surface area contributed by atoms with E-state index in [-0.39, 0.29) is 30.3 Å². The molecular formula is C19H21N3O2. The molecule has 1 aliphatic heterocycles. The molecule has 2 atom stereocenters. The minimum absolute atomic E-state index is 0.0680. The number of benzene rings is 1. The first kappa shape index (κ1) is 16.2. The first-order chi connectivity index (χ1) is 11.6. The molecule has 0 bridgehead atoms. The summed E-state index contributed by atoms with van der Waals surface area (Å²) in [6, 6.07) is 12.7. The maximum absolute atomic E-state index is 12.8. The predicted octanol–water partition coefficient (Wildman–Crippen LogP) is 3.09. The van der Waals surface area contributed by atoms with Gasteiger partial charge < -0.3 is 5.32 Å². The molecule has 1 aliphatic rings. The summed E-state index contributed by atoms with van der Waals surface area (Å²) in [7, 11) is 0. The molecule has 2 unspecified atom stereocenters. The van der Waals surface area contributed by atoms with Crippen LogP contribution in [0.25, 0.3) is 0 Å². The Balaban J connectivity index is 1.93. The highest BCUT2D eigenvalue weighted by molar-refractivity contribution is 6.11. The maximum atomic E-state index is 12.8. The number of fused-ring (bicyclic) bond motifs is 1. The molecule has 5 heteroatoms. The van der Waals surface area contributed by atoms with Crippen LogP contribution in [0, 0.1) is 0 Å². The van der Waals surface area contributed by atoms with Gasteiger partial charge in [-0.25, -0.2) is 0 Å². The number of carbonyl (C=O) groups is 2. The summed E-state index contributed by atoms with van der Waals surface area (Å²) >= 11 is 0. The van der Waals surface area contributed by atoms with Crippen molar-refractivity contribution in [2.45, 2.75) is 38.8 Å². The first-order valence-electron chi connectivity index (χ1n) is 8.24. The van der Waals surface area contributed by atoms with E-state index in [1.54, 1.807) is 23.2 Å². The lowest BCUT2D eigenvalue weighted by molar-refractivity contribution is -0.122. The van der Waals surface area contributed by atoms with Crippen LogP contribution in [0.1, 0.15) is 48.8 Å². The zero-order chi connectivity index (χ0) is 17.1. The summed E-state index contributed by atoms with van der Waals surface area (Å²) in [6.07, 6.45) is 2.74. The van der Waals surface area contributed by atoms with Gasteiger partial charge in [-0.05, 0) is 37.6 Å². The largest absolute Gasteiger partial charge is 0.354 e. The molecule has 0 fully saturated rings. The average Bonchev–Trinajstić information content (AvgIpc) is 2.88. The van der Waals surface area contributed by atoms with Crippen LogP contribution in [-0.2, 0) is 4.79 Å². The van der Waals surface area contributed by atoms with Crippen molar-refractivity contribution in [2.24, 2.45) is 0 Å². The van der Waals surface area contributed by atoms with Crippen molar-refractivity contribution in [3.05, 3.63) is 59.9 Å². The molecule has 3 rings (SSSR count). The third-order valence-corrected chi connectivity index (χ3v) is 4.35. The Kier molecular flexibility index (Phi) is 4.60. The third kappa shape index (κ3) is 3.02. The summed E-state index contributed by atoms with van der Waals surface area (Å²) in [4.78, 5) is 31.3. The molecule has 1 aromatic carbocycles. The SMILES string of the molecule is CCC(C)NC(=O)CC1c2ncccc2C(=O)N1c1ccccc1. The minimum atomic E-state index is -0.375. The van der Waals surface area contributed by atoms with Gasteiger partial charge in [-0.2, -0.15) is 0 Å². The lowest BCUT2D eigenvalue weighted by Crippen LogP contribution is -2.36. The van der Waals surface area contributed by atoms with E-state index in [0.29, 0.717) is 11.3 Å². The average molecular weight is 323 g/mol. The summed E-state index contributed by atoms with van der Waals surface area (Å²) in [5.74, 6) is -0.174. The van der Waals surface area contributed by atoms with Crippen molar-refractivity contribution in [1.82, 2.24) is 10.3 Å². The van der Waals surface area contributed by atoms with Crippen LogP contribution >= 0.6 is 0 Å². The van der Waals surface area contributed by atoms with Crippen LogP contribution in [0.3, 0.4) is 0 Å². The maximum Gasteiger partial charge on any atom is 0.260 e. The van der Waals surface area contributed by atoms with Crippen LogP contribution in [0.2, 0.25) is 0 Å². The van der Waals surface area contributed by atoms with E-state index in [9.17, 15) is 9.59 Å². The number of rotatable bonds is 5. The quantitative estimate of drug-likeness (QED) is 0.920. The number of nitrogens with one attached hydrogen (secondary N) is 1. The third-order valence-electron chi connectivity index (χ3n) is 4.35. The molecule has 1 aromatic heterocycles. The molecule has 24 heavy (non-hydrogen) atoms. The molecule has 0 spiro atoms. The summed E-state index contributed by atoms with van der Waals surface area (Å²) in [5, 5.41) is 2.97. The van der Waals surface area contributed by atoms with Gasteiger partial charge in [0, 0.05) is 17.9 Å². The van der Waals surface area contributed by atoms with Gasteiger partial charge in [0.1, 0.15) is 0 Å². The summed E-state index contributed by atoms with van der Waals surface area (Å²) < 4.78 is 0. The van der Waals surface area contributed by atoms with E-state index >= 15 is 0 Å². The summed E-state index contributed by atoms with van der Waals surface area (Å²) in [6.45, 7) is 4.00. The zero-order valence-corrected chi connectivity index (χ0v) is 13.9. The zero-order valence-electron chi connectivity index (χ0n) is 13.9. The molecule has 2 aromatic rings. The Bertz CT molecular complexity index is 745. The van der Waals surface area contributed by atoms with Crippen molar-refractivity contribution < 1.29 is 9.59 Å². The lowest BCUT2D eigenvalue weighted by Gasteiger charge is -2.25. The second kappa shape index (κ2) is 6.83. The minimum Gasteiger partial charge on any atom is -0.354 e. The fraction of sp³-hybridized carbons (Fsp3) is 0.316. The Hall–Kier alpha value is -2.69. The number of hydrogen-bond acceptors (Lipinski definition) is 3. The Morgan fingerprint density at radius 2 is 2.00 bits per heavy atom. The number of amides is 2. The van der Waals surface area contributed by atoms with E-state index in [1.165, 1.54) is 0 Å². The van der Waals surface area contributed by atoms with E-state index < -0.39 is 0 Å². The molecule has 0 radical (unpaired) electrons. The van der Waals surface area contributed by atoms with E-state index in [0.717, 1.165) is 12.1 Å². The molecule has 2 heterocycles. The van der Waals surface area contributed by atoms with Crippen LogP contribution in [0.5, 0.6) is 0 Å². The highest BCUT2D eigenvalue weighted by Gasteiger charge is 2.39. The Labute approximate surface area is 141 Å². The number of anilines is 1. The van der Waals surface area contributed by atoms with Crippen LogP contribution < -0.4 is 10.2 Å². The van der Waals surface area contributed by atoms with Crippen LogP contribution in [0.15, 0.2) is 48.7 Å². The van der Waals surface area contributed by atoms with E-state index in [4.69, 9.17) is 0 Å². The molecule has 5 nitrogen and oxygen atoms in total. The fourth-order valence-electron chi connectivity index (χ4n) is 2.94. The molecule has 1 N–H and O–H groups in total. The highest BCUT2D eigenvalue weighted by Crippen LogP contribution is 2.38. The van der Waals surface area contributed by atoms with Gasteiger partial charge in [0.15, 0.2) is 0 Å². The molecule has 2 amide bonds. The molecule has 0 saturated heterocycles. The Morgan fingerprint density at radius 3 is 2.71 bits per heavy atom. The number of nitrogens with zero attached hydrogens (tertiary/aromatic N) is 2. The second-order valence-corrected chi connectivity index (χ2v) is 6.04. The van der Waals surface area contributed by atoms with E-state index in [2.05, 4.69) is 10.3 Å². The van der Waals surface area contributed by atoms with Crippen molar-refractivity contribution in [3.8, 4) is 0 Å². The molecule has 0 saturated carbocycles. The molecular weight excluding hydrogens is 302 g/mol. The normalized spacial score (nSPS) is 17.5. The highest BCUT2D eigenvalue weighted by atomic mass is 16.2. The van der Waals surface area contributed by atoms with Gasteiger partial charge >= 0.3 is 0 Å². The van der Waals surface area contributed by atoms with Gasteiger partial charge in [-0.3, -0.25) is 19.5 Å². The number of hydrogen-bond donors (Lipinski definition) is 1. The number of pyridine rings is 1. The van der Waals surface area contributed by atoms with Crippen molar-refractivity contribution in [2.75, 3.05) is 4.90 Å². The predicted molar refractivity (Wildman–Crippen MR) is 92.7 cm³/mol. The van der Waals surface area contributed by atoms with Crippen LogP contribution in [-0.4, -0.2) is 22.8 Å². The number of carbonyl (C=O) groups excluding carboxylic acids is 2. The van der Waals surface area contributed by atoms with Gasteiger partial charge in [0.05, 0.1) is 23.7 Å². The van der Waals surface area contributed by atoms with Gasteiger partial charge in [0.2, 0.25) is 5.91 Å². The second-order valence-electron chi connectivity index (χ2n) is 6.04. The van der Waals surface area contributed by atoms with Gasteiger partial charge in [-0.1, -0.05) is 25.1 Å². The smallest absolute Gasteiger partial charge is 0.260 e. The van der Waals surface area contributed by atoms with Crippen molar-refractivity contribution >= 4 is 17.5 Å². The fourth-order valence-corrected chi connectivity index (χ4v) is 2.94. The molecule has 124 valence electrons. The van der Waals surface area contributed by atoms with Crippen LogP contribution in [0.4, 0.5) is 5.69 Å². The standard InChI is InChI=1S/C19H21N3O2/c1-3-13(2)21-17(23)12-16-18-15(10-7-11-20-18)19(24)22(16)14-8-5-4-6-9-14/h4-11,13,16H,3,12H2,1-2H3,(H,21,23). The monoisotopic (exact) mass is 323 g/mol. The van der Waals surface area contributed by atoms with Crippen molar-refractivity contribution in [3.63, 3.8) is 0 Å². The number of aromatic nitrogens is 1. The first-order valence-corrected chi connectivity index (χ1v) is 8.24.